The lowest BCUT2D eigenvalue weighted by atomic mass is 10.1. The number of hydrogen-bond donors (Lipinski definition) is 1. The van der Waals surface area contributed by atoms with E-state index in [1.54, 1.807) is 13.3 Å². The second-order valence-electron chi connectivity index (χ2n) is 4.40. The van der Waals surface area contributed by atoms with Gasteiger partial charge in [0.15, 0.2) is 0 Å². The summed E-state index contributed by atoms with van der Waals surface area (Å²) in [6.45, 7) is 0.935. The summed E-state index contributed by atoms with van der Waals surface area (Å²) < 4.78 is 6.18. The number of nitrogens with one attached hydrogen (secondary N) is 1. The Morgan fingerprint density at radius 2 is 2.41 bits per heavy atom. The van der Waals surface area contributed by atoms with Gasteiger partial charge in [0.05, 0.1) is 15.6 Å². The van der Waals surface area contributed by atoms with Crippen molar-refractivity contribution in [3.63, 3.8) is 0 Å². The zero-order valence-electron chi connectivity index (χ0n) is 9.75. The molecule has 5 heteroatoms. The van der Waals surface area contributed by atoms with Gasteiger partial charge in [-0.2, -0.15) is 0 Å². The number of methoxy groups -OCH3 is 1. The highest BCUT2D eigenvalue weighted by atomic mass is 79.9. The van der Waals surface area contributed by atoms with E-state index in [1.807, 2.05) is 6.07 Å². The molecule has 94 valence electrons. The maximum atomic E-state index is 6.01. The topological polar surface area (TPSA) is 34.1 Å². The van der Waals surface area contributed by atoms with Gasteiger partial charge < -0.3 is 10.1 Å². The summed E-state index contributed by atoms with van der Waals surface area (Å²) in [5.74, 6) is 1.50. The molecule has 0 radical (unpaired) electrons. The van der Waals surface area contributed by atoms with E-state index in [1.165, 1.54) is 6.42 Å². The molecule has 2 rings (SSSR count). The van der Waals surface area contributed by atoms with E-state index in [0.717, 1.165) is 29.7 Å². The van der Waals surface area contributed by atoms with Crippen LogP contribution in [0, 0.1) is 5.92 Å². The van der Waals surface area contributed by atoms with Gasteiger partial charge in [-0.25, -0.2) is 4.98 Å². The molecule has 1 N–H and O–H groups in total. The molecule has 1 aliphatic rings. The highest BCUT2D eigenvalue weighted by Gasteiger charge is 2.24. The molecule has 1 fully saturated rings. The monoisotopic (exact) mass is 318 g/mol. The molecular weight excluding hydrogens is 304 g/mol. The highest BCUT2D eigenvalue weighted by molar-refractivity contribution is 9.10. The lowest BCUT2D eigenvalue weighted by molar-refractivity contribution is 0.106. The Kier molecular flexibility index (Phi) is 4.65. The second-order valence-corrected chi connectivity index (χ2v) is 5.66. The zero-order valence-corrected chi connectivity index (χ0v) is 12.1. The van der Waals surface area contributed by atoms with Crippen molar-refractivity contribution >= 4 is 33.3 Å². The van der Waals surface area contributed by atoms with Crippen molar-refractivity contribution in [2.45, 2.75) is 25.4 Å². The van der Waals surface area contributed by atoms with Gasteiger partial charge in [0, 0.05) is 25.9 Å². The van der Waals surface area contributed by atoms with Crippen LogP contribution in [-0.2, 0) is 4.74 Å². The number of anilines is 1. The van der Waals surface area contributed by atoms with Gasteiger partial charge in [0.2, 0.25) is 0 Å². The molecular formula is C12H16BrClN2O. The Hall–Kier alpha value is -0.320. The van der Waals surface area contributed by atoms with E-state index in [-0.39, 0.29) is 0 Å². The maximum Gasteiger partial charge on any atom is 0.127 e. The van der Waals surface area contributed by atoms with Crippen molar-refractivity contribution in [1.29, 1.82) is 0 Å². The third kappa shape index (κ3) is 3.57. The molecule has 0 aromatic carbocycles. The first-order valence-electron chi connectivity index (χ1n) is 5.76. The van der Waals surface area contributed by atoms with Crippen LogP contribution in [0.25, 0.3) is 0 Å². The standard InChI is InChI=1S/C12H16BrClN2O/c1-17-9-3-2-8(4-9)6-15-12-5-11(14)10(13)7-16-12/h5,7-9H,2-4,6H2,1H3,(H,15,16). The van der Waals surface area contributed by atoms with Crippen LogP contribution in [0.5, 0.6) is 0 Å². The molecule has 1 aromatic rings. The summed E-state index contributed by atoms with van der Waals surface area (Å²) >= 11 is 9.33. The molecule has 1 aliphatic carbocycles. The van der Waals surface area contributed by atoms with Gasteiger partial charge in [-0.05, 0) is 41.1 Å². The average molecular weight is 320 g/mol. The first kappa shape index (κ1) is 13.1. The third-order valence-electron chi connectivity index (χ3n) is 3.21. The SMILES string of the molecule is COC1CCC(CNc2cc(Cl)c(Br)cn2)C1. The van der Waals surface area contributed by atoms with Crippen molar-refractivity contribution in [2.24, 2.45) is 5.92 Å². The molecule has 0 amide bonds. The molecule has 0 saturated heterocycles. The zero-order chi connectivity index (χ0) is 12.3. The van der Waals surface area contributed by atoms with Gasteiger partial charge in [0.25, 0.3) is 0 Å². The number of pyridine rings is 1. The van der Waals surface area contributed by atoms with Crippen LogP contribution in [0.15, 0.2) is 16.7 Å². The van der Waals surface area contributed by atoms with E-state index < -0.39 is 0 Å². The van der Waals surface area contributed by atoms with Gasteiger partial charge in [-0.15, -0.1) is 0 Å². The smallest absolute Gasteiger partial charge is 0.127 e. The van der Waals surface area contributed by atoms with Crippen molar-refractivity contribution in [3.8, 4) is 0 Å². The number of nitrogens with zero attached hydrogens (tertiary/aromatic N) is 1. The van der Waals surface area contributed by atoms with Crippen LogP contribution in [-0.4, -0.2) is 24.7 Å². The minimum atomic E-state index is 0.434. The lowest BCUT2D eigenvalue weighted by Gasteiger charge is -2.12. The number of ether oxygens (including phenoxy) is 1. The number of rotatable bonds is 4. The summed E-state index contributed by atoms with van der Waals surface area (Å²) in [7, 11) is 1.79. The fourth-order valence-corrected chi connectivity index (χ4v) is 2.56. The predicted molar refractivity (Wildman–Crippen MR) is 73.6 cm³/mol. The Morgan fingerprint density at radius 3 is 3.06 bits per heavy atom. The van der Waals surface area contributed by atoms with E-state index in [9.17, 15) is 0 Å². The Labute approximate surface area is 115 Å². The molecule has 1 saturated carbocycles. The summed E-state index contributed by atoms with van der Waals surface area (Å²) in [5.41, 5.74) is 0. The van der Waals surface area contributed by atoms with Gasteiger partial charge in [-0.1, -0.05) is 11.6 Å². The Bertz CT molecular complexity index is 389. The van der Waals surface area contributed by atoms with E-state index in [4.69, 9.17) is 16.3 Å². The molecule has 1 aromatic heterocycles. The van der Waals surface area contributed by atoms with Crippen LogP contribution < -0.4 is 5.32 Å². The van der Waals surface area contributed by atoms with Crippen LogP contribution in [0.1, 0.15) is 19.3 Å². The minimum absolute atomic E-state index is 0.434. The summed E-state index contributed by atoms with van der Waals surface area (Å²) in [5, 5.41) is 4.01. The quantitative estimate of drug-likeness (QED) is 0.918. The maximum absolute atomic E-state index is 6.01. The van der Waals surface area contributed by atoms with Crippen molar-refractivity contribution in [1.82, 2.24) is 4.98 Å². The Morgan fingerprint density at radius 1 is 1.59 bits per heavy atom. The average Bonchev–Trinajstić information content (AvgIpc) is 2.79. The molecule has 0 bridgehead atoms. The minimum Gasteiger partial charge on any atom is -0.381 e. The van der Waals surface area contributed by atoms with E-state index in [2.05, 4.69) is 26.2 Å². The molecule has 3 nitrogen and oxygen atoms in total. The molecule has 0 aliphatic heterocycles. The van der Waals surface area contributed by atoms with Gasteiger partial charge >= 0.3 is 0 Å². The highest BCUT2D eigenvalue weighted by Crippen LogP contribution is 2.28. The molecule has 1 heterocycles. The largest absolute Gasteiger partial charge is 0.381 e. The summed E-state index contributed by atoms with van der Waals surface area (Å²) in [6, 6.07) is 1.84. The van der Waals surface area contributed by atoms with Crippen molar-refractivity contribution < 1.29 is 4.74 Å². The van der Waals surface area contributed by atoms with E-state index in [0.29, 0.717) is 17.0 Å². The van der Waals surface area contributed by atoms with Crippen molar-refractivity contribution in [2.75, 3.05) is 19.0 Å². The fraction of sp³-hybridized carbons (Fsp3) is 0.583. The van der Waals surface area contributed by atoms with Crippen LogP contribution in [0.4, 0.5) is 5.82 Å². The molecule has 17 heavy (non-hydrogen) atoms. The third-order valence-corrected chi connectivity index (χ3v) is 4.38. The van der Waals surface area contributed by atoms with Gasteiger partial charge in [0.1, 0.15) is 5.82 Å². The van der Waals surface area contributed by atoms with E-state index >= 15 is 0 Å². The first-order chi connectivity index (χ1) is 8.19. The summed E-state index contributed by atoms with van der Waals surface area (Å²) in [4.78, 5) is 4.27. The number of halogens is 2. The first-order valence-corrected chi connectivity index (χ1v) is 6.94. The van der Waals surface area contributed by atoms with Crippen LogP contribution in [0.2, 0.25) is 5.02 Å². The molecule has 0 spiro atoms. The Balaban J connectivity index is 1.84. The second kappa shape index (κ2) is 6.03. The van der Waals surface area contributed by atoms with Crippen LogP contribution >= 0.6 is 27.5 Å². The fourth-order valence-electron chi connectivity index (χ4n) is 2.19. The molecule has 2 unspecified atom stereocenters. The lowest BCUT2D eigenvalue weighted by Crippen LogP contribution is -2.14. The summed E-state index contributed by atoms with van der Waals surface area (Å²) in [6.07, 6.45) is 5.67. The number of aromatic nitrogens is 1. The van der Waals surface area contributed by atoms with Gasteiger partial charge in [-0.3, -0.25) is 0 Å². The normalized spacial score (nSPS) is 23.9. The predicted octanol–water partition coefficient (Wildman–Crippen LogP) is 3.72. The van der Waals surface area contributed by atoms with Crippen molar-refractivity contribution in [3.05, 3.63) is 21.8 Å². The van der Waals surface area contributed by atoms with Crippen LogP contribution in [0.3, 0.4) is 0 Å². The number of hydrogen-bond acceptors (Lipinski definition) is 3. The molecule has 2 atom stereocenters.